The van der Waals surface area contributed by atoms with Crippen molar-refractivity contribution in [1.82, 2.24) is 0 Å². The molecule has 0 aliphatic carbocycles. The Hall–Kier alpha value is -3.26. The quantitative estimate of drug-likeness (QED) is 0.298. The summed E-state index contributed by atoms with van der Waals surface area (Å²) in [6, 6.07) is 26.7. The highest BCUT2D eigenvalue weighted by Crippen LogP contribution is 2.23. The number of anilines is 1. The van der Waals surface area contributed by atoms with Crippen molar-refractivity contribution in [2.24, 2.45) is 15.9 Å². The lowest BCUT2D eigenvalue weighted by Gasteiger charge is -2.09. The molecular formula is C22H21N5OS. The van der Waals surface area contributed by atoms with Crippen LogP contribution in [0.2, 0.25) is 0 Å². The highest BCUT2D eigenvalue weighted by molar-refractivity contribution is 8.12. The SMILES string of the molecule is N=C(SN)c1ccccc1.NC1N=C(c2ccccc2)c2ccccc2NC1=O. The van der Waals surface area contributed by atoms with Crippen LogP contribution in [-0.4, -0.2) is 22.8 Å². The van der Waals surface area contributed by atoms with E-state index >= 15 is 0 Å². The second-order valence-electron chi connectivity index (χ2n) is 6.14. The first-order valence-corrected chi connectivity index (χ1v) is 9.78. The maximum atomic E-state index is 11.8. The molecule has 6 N–H and O–H groups in total. The number of rotatable bonds is 2. The molecule has 0 saturated heterocycles. The van der Waals surface area contributed by atoms with Gasteiger partial charge in [0.1, 0.15) is 5.04 Å². The number of fused-ring (bicyclic) bond motifs is 1. The molecule has 1 aliphatic heterocycles. The molecule has 1 unspecified atom stereocenters. The van der Waals surface area contributed by atoms with E-state index in [2.05, 4.69) is 10.3 Å². The lowest BCUT2D eigenvalue weighted by molar-refractivity contribution is -0.117. The summed E-state index contributed by atoms with van der Waals surface area (Å²) in [6.45, 7) is 0. The van der Waals surface area contributed by atoms with Crippen LogP contribution in [-0.2, 0) is 4.79 Å². The monoisotopic (exact) mass is 403 g/mol. The predicted octanol–water partition coefficient (Wildman–Crippen LogP) is 3.38. The molecule has 4 rings (SSSR count). The first kappa shape index (κ1) is 20.5. The topological polar surface area (TPSA) is 117 Å². The van der Waals surface area contributed by atoms with Gasteiger partial charge in [0.15, 0.2) is 6.17 Å². The molecule has 0 radical (unpaired) electrons. The summed E-state index contributed by atoms with van der Waals surface area (Å²) < 4.78 is 0. The van der Waals surface area contributed by atoms with Gasteiger partial charge in [0.25, 0.3) is 5.91 Å². The fourth-order valence-corrected chi connectivity index (χ4v) is 3.03. The molecule has 1 heterocycles. The van der Waals surface area contributed by atoms with Crippen molar-refractivity contribution >= 4 is 34.3 Å². The van der Waals surface area contributed by atoms with E-state index in [0.717, 1.165) is 40.0 Å². The Bertz CT molecular complexity index is 1020. The lowest BCUT2D eigenvalue weighted by Crippen LogP contribution is -2.33. The van der Waals surface area contributed by atoms with E-state index in [0.29, 0.717) is 5.04 Å². The van der Waals surface area contributed by atoms with Crippen molar-refractivity contribution < 1.29 is 4.79 Å². The van der Waals surface area contributed by atoms with Crippen LogP contribution in [0.5, 0.6) is 0 Å². The zero-order valence-electron chi connectivity index (χ0n) is 15.6. The Balaban J connectivity index is 0.000000204. The molecule has 0 spiro atoms. The smallest absolute Gasteiger partial charge is 0.263 e. The van der Waals surface area contributed by atoms with Gasteiger partial charge in [-0.25, -0.2) is 0 Å². The number of carbonyl (C=O) groups is 1. The van der Waals surface area contributed by atoms with E-state index in [1.54, 1.807) is 0 Å². The standard InChI is InChI=1S/C15H13N3O.C7H8N2S/c16-14-15(19)17-12-9-5-4-8-11(12)13(18-14)10-6-2-1-3-7-10;8-7(10-9)6-4-2-1-3-5-6/h1-9,14H,16H2,(H,17,19);1-5,8H,9H2. The number of para-hydroxylation sites is 1. The third-order valence-corrected chi connectivity index (χ3v) is 4.65. The Labute approximate surface area is 173 Å². The van der Waals surface area contributed by atoms with Gasteiger partial charge < -0.3 is 11.1 Å². The zero-order chi connectivity index (χ0) is 20.6. The van der Waals surface area contributed by atoms with Crippen LogP contribution in [0.1, 0.15) is 16.7 Å². The summed E-state index contributed by atoms with van der Waals surface area (Å²) in [5, 5.41) is 15.7. The number of hydrogen-bond donors (Lipinski definition) is 4. The first-order chi connectivity index (χ1) is 14.1. The summed E-state index contributed by atoms with van der Waals surface area (Å²) in [7, 11) is 0. The number of aliphatic imine (C=N–C) groups is 1. The van der Waals surface area contributed by atoms with Crippen molar-refractivity contribution in [3.05, 3.63) is 102 Å². The Kier molecular flexibility index (Phi) is 6.91. The summed E-state index contributed by atoms with van der Waals surface area (Å²) in [4.78, 5) is 16.2. The van der Waals surface area contributed by atoms with E-state index in [1.807, 2.05) is 84.9 Å². The molecule has 1 amide bonds. The lowest BCUT2D eigenvalue weighted by atomic mass is 10.0. The number of carbonyl (C=O) groups excluding carboxylic acids is 1. The molecule has 0 saturated carbocycles. The number of benzene rings is 3. The minimum absolute atomic E-state index is 0.293. The van der Waals surface area contributed by atoms with Crippen LogP contribution in [0.15, 0.2) is 89.9 Å². The summed E-state index contributed by atoms with van der Waals surface area (Å²) in [6.07, 6.45) is -0.886. The van der Waals surface area contributed by atoms with Crippen LogP contribution in [0.3, 0.4) is 0 Å². The summed E-state index contributed by atoms with van der Waals surface area (Å²) in [5.74, 6) is -0.293. The van der Waals surface area contributed by atoms with Gasteiger partial charge in [-0.1, -0.05) is 78.9 Å². The van der Waals surface area contributed by atoms with Crippen molar-refractivity contribution in [3.8, 4) is 0 Å². The molecule has 3 aromatic carbocycles. The molecule has 0 fully saturated rings. The van der Waals surface area contributed by atoms with E-state index in [9.17, 15) is 4.79 Å². The second-order valence-corrected chi connectivity index (χ2v) is 6.78. The van der Waals surface area contributed by atoms with Crippen LogP contribution in [0.25, 0.3) is 0 Å². The Morgan fingerprint density at radius 3 is 2.17 bits per heavy atom. The van der Waals surface area contributed by atoms with Crippen molar-refractivity contribution in [3.63, 3.8) is 0 Å². The van der Waals surface area contributed by atoms with Crippen molar-refractivity contribution in [1.29, 1.82) is 5.41 Å². The maximum absolute atomic E-state index is 11.8. The second kappa shape index (κ2) is 9.79. The van der Waals surface area contributed by atoms with Crippen LogP contribution in [0.4, 0.5) is 5.69 Å². The number of amides is 1. The number of nitrogens with two attached hydrogens (primary N) is 2. The molecule has 1 atom stereocenters. The molecule has 3 aromatic rings. The van der Waals surface area contributed by atoms with Gasteiger partial charge in [-0.15, -0.1) is 0 Å². The number of hydrogen-bond acceptors (Lipinski definition) is 6. The van der Waals surface area contributed by atoms with Gasteiger partial charge in [0.05, 0.1) is 11.4 Å². The largest absolute Gasteiger partial charge is 0.322 e. The van der Waals surface area contributed by atoms with Gasteiger partial charge in [-0.2, -0.15) is 0 Å². The molecule has 6 nitrogen and oxygen atoms in total. The van der Waals surface area contributed by atoms with Crippen molar-refractivity contribution in [2.75, 3.05) is 5.32 Å². The minimum atomic E-state index is -0.886. The number of nitrogens with zero attached hydrogens (tertiary/aromatic N) is 1. The molecule has 0 bridgehead atoms. The van der Waals surface area contributed by atoms with Crippen LogP contribution < -0.4 is 16.2 Å². The van der Waals surface area contributed by atoms with Crippen LogP contribution >= 0.6 is 11.9 Å². The van der Waals surface area contributed by atoms with Gasteiger partial charge in [-0.05, 0) is 18.0 Å². The number of nitrogens with one attached hydrogen (secondary N) is 2. The van der Waals surface area contributed by atoms with E-state index in [1.165, 1.54) is 0 Å². The first-order valence-electron chi connectivity index (χ1n) is 8.90. The predicted molar refractivity (Wildman–Crippen MR) is 120 cm³/mol. The molecular weight excluding hydrogens is 382 g/mol. The average Bonchev–Trinajstić information content (AvgIpc) is 2.91. The summed E-state index contributed by atoms with van der Waals surface area (Å²) in [5.41, 5.74) is 9.96. The van der Waals surface area contributed by atoms with Gasteiger partial charge in [-0.3, -0.25) is 20.3 Å². The molecule has 7 heteroatoms. The molecule has 1 aliphatic rings. The maximum Gasteiger partial charge on any atom is 0.263 e. The van der Waals surface area contributed by atoms with Crippen molar-refractivity contribution in [2.45, 2.75) is 6.17 Å². The van der Waals surface area contributed by atoms with E-state index in [4.69, 9.17) is 16.3 Å². The molecule has 0 aromatic heterocycles. The van der Waals surface area contributed by atoms with Gasteiger partial charge in [0, 0.05) is 16.7 Å². The molecule has 146 valence electrons. The van der Waals surface area contributed by atoms with E-state index < -0.39 is 6.17 Å². The number of benzodiazepines with no additional fused rings is 1. The third kappa shape index (κ3) is 5.17. The Morgan fingerprint density at radius 1 is 0.931 bits per heavy atom. The zero-order valence-corrected chi connectivity index (χ0v) is 16.4. The fourth-order valence-electron chi connectivity index (χ4n) is 2.76. The normalized spacial score (nSPS) is 15.0. The van der Waals surface area contributed by atoms with Crippen LogP contribution in [0, 0.1) is 5.41 Å². The highest BCUT2D eigenvalue weighted by Gasteiger charge is 2.22. The summed E-state index contributed by atoms with van der Waals surface area (Å²) >= 11 is 0.961. The van der Waals surface area contributed by atoms with E-state index in [-0.39, 0.29) is 5.91 Å². The van der Waals surface area contributed by atoms with Gasteiger partial charge >= 0.3 is 0 Å². The fraction of sp³-hybridized carbons (Fsp3) is 0.0455. The highest BCUT2D eigenvalue weighted by atomic mass is 32.2. The Morgan fingerprint density at radius 2 is 1.52 bits per heavy atom. The molecule has 29 heavy (non-hydrogen) atoms. The third-order valence-electron chi connectivity index (χ3n) is 4.18. The minimum Gasteiger partial charge on any atom is -0.322 e. The van der Waals surface area contributed by atoms with Gasteiger partial charge in [0.2, 0.25) is 0 Å². The average molecular weight is 404 g/mol.